The normalized spacial score (nSPS) is 11.4. The van der Waals surface area contributed by atoms with Crippen LogP contribution >= 0.6 is 11.8 Å². The third-order valence-electron chi connectivity index (χ3n) is 4.39. The average molecular weight is 446 g/mol. The molecule has 1 amide bonds. The van der Waals surface area contributed by atoms with Gasteiger partial charge in [-0.25, -0.2) is 13.6 Å². The molecule has 0 spiro atoms. The molecule has 0 saturated heterocycles. The molecule has 0 radical (unpaired) electrons. The molecule has 0 bridgehead atoms. The number of carbonyl (C=O) groups excluding carboxylic acids is 1. The fourth-order valence-corrected chi connectivity index (χ4v) is 4.20. The number of thioether (sulfide) groups is 1. The van der Waals surface area contributed by atoms with Crippen molar-refractivity contribution < 1.29 is 13.2 Å². The fourth-order valence-electron chi connectivity index (χ4n) is 2.85. The molecule has 2 aromatic carbocycles. The zero-order chi connectivity index (χ0) is 21.6. The molecule has 0 unspecified atom stereocenters. The summed E-state index contributed by atoms with van der Waals surface area (Å²) < 4.78 is 24.5. The quantitative estimate of drug-likeness (QED) is 0.487. The molecule has 30 heavy (non-hydrogen) atoms. The van der Waals surface area contributed by atoms with E-state index in [2.05, 4.69) is 15.5 Å². The van der Waals surface area contributed by atoms with Crippen LogP contribution in [0.5, 0.6) is 0 Å². The van der Waals surface area contributed by atoms with Crippen LogP contribution in [0.3, 0.4) is 0 Å². The Balaban J connectivity index is 1.50. The smallest absolute Gasteiger partial charge is 0.238 e. The van der Waals surface area contributed by atoms with Crippen molar-refractivity contribution in [3.05, 3.63) is 60.2 Å². The maximum absolute atomic E-state index is 12.2. The lowest BCUT2D eigenvalue weighted by Crippen LogP contribution is -2.27. The number of amides is 1. The van der Waals surface area contributed by atoms with E-state index in [-0.39, 0.29) is 16.6 Å². The SMILES string of the molecule is CCn1c(SCC(=O)NCCc2ccc(S(N)(=O)=O)cc2)nnc1-c1ccccc1. The second kappa shape index (κ2) is 9.88. The Bertz CT molecular complexity index is 1100. The van der Waals surface area contributed by atoms with Crippen LogP contribution in [0.2, 0.25) is 0 Å². The van der Waals surface area contributed by atoms with Gasteiger partial charge in [0, 0.05) is 18.7 Å². The summed E-state index contributed by atoms with van der Waals surface area (Å²) in [5, 5.41) is 17.1. The van der Waals surface area contributed by atoms with E-state index in [1.807, 2.05) is 41.8 Å². The van der Waals surface area contributed by atoms with E-state index >= 15 is 0 Å². The molecule has 3 N–H and O–H groups in total. The summed E-state index contributed by atoms with van der Waals surface area (Å²) in [6.07, 6.45) is 0.588. The highest BCUT2D eigenvalue weighted by Crippen LogP contribution is 2.23. The predicted octanol–water partition coefficient (Wildman–Crippen LogP) is 2.06. The molecule has 0 aliphatic rings. The largest absolute Gasteiger partial charge is 0.355 e. The number of nitrogens with two attached hydrogens (primary N) is 1. The lowest BCUT2D eigenvalue weighted by molar-refractivity contribution is -0.118. The second-order valence-electron chi connectivity index (χ2n) is 6.49. The molecule has 1 heterocycles. The zero-order valence-electron chi connectivity index (χ0n) is 16.5. The van der Waals surface area contributed by atoms with Crippen LogP contribution in [0, 0.1) is 0 Å². The third kappa shape index (κ3) is 5.68. The summed E-state index contributed by atoms with van der Waals surface area (Å²) in [4.78, 5) is 12.3. The van der Waals surface area contributed by atoms with Crippen LogP contribution in [-0.4, -0.2) is 41.4 Å². The van der Waals surface area contributed by atoms with Gasteiger partial charge < -0.3 is 9.88 Å². The lowest BCUT2D eigenvalue weighted by Gasteiger charge is -2.08. The first-order valence-electron chi connectivity index (χ1n) is 9.38. The van der Waals surface area contributed by atoms with Crippen molar-refractivity contribution in [3.63, 3.8) is 0 Å². The topological polar surface area (TPSA) is 120 Å². The number of nitrogens with one attached hydrogen (secondary N) is 1. The molecule has 0 atom stereocenters. The molecule has 0 aliphatic heterocycles. The van der Waals surface area contributed by atoms with E-state index in [9.17, 15) is 13.2 Å². The lowest BCUT2D eigenvalue weighted by atomic mass is 10.1. The van der Waals surface area contributed by atoms with Gasteiger partial charge in [-0.2, -0.15) is 0 Å². The Morgan fingerprint density at radius 3 is 2.43 bits per heavy atom. The molecule has 0 saturated carbocycles. The Morgan fingerprint density at radius 1 is 1.10 bits per heavy atom. The summed E-state index contributed by atoms with van der Waals surface area (Å²) in [7, 11) is -3.69. The van der Waals surface area contributed by atoms with Gasteiger partial charge in [0.2, 0.25) is 15.9 Å². The monoisotopic (exact) mass is 445 g/mol. The van der Waals surface area contributed by atoms with E-state index in [4.69, 9.17) is 5.14 Å². The van der Waals surface area contributed by atoms with Crippen molar-refractivity contribution in [2.75, 3.05) is 12.3 Å². The molecule has 1 aromatic heterocycles. The highest BCUT2D eigenvalue weighted by atomic mass is 32.2. The summed E-state index contributed by atoms with van der Waals surface area (Å²) >= 11 is 1.34. The van der Waals surface area contributed by atoms with Crippen LogP contribution < -0.4 is 10.5 Å². The summed E-state index contributed by atoms with van der Waals surface area (Å²) in [6, 6.07) is 16.1. The molecular formula is C20H23N5O3S2. The minimum Gasteiger partial charge on any atom is -0.355 e. The number of aromatic nitrogens is 3. The Hall–Kier alpha value is -2.69. The van der Waals surface area contributed by atoms with E-state index in [1.54, 1.807) is 12.1 Å². The zero-order valence-corrected chi connectivity index (χ0v) is 18.1. The standard InChI is InChI=1S/C20H23N5O3S2/c1-2-25-19(16-6-4-3-5-7-16)23-24-20(25)29-14-18(26)22-13-12-15-8-10-17(11-9-15)30(21,27)28/h3-11H,2,12-14H2,1H3,(H,22,26)(H2,21,27,28). The highest BCUT2D eigenvalue weighted by Gasteiger charge is 2.14. The summed E-state index contributed by atoms with van der Waals surface area (Å²) in [5.41, 5.74) is 1.89. The van der Waals surface area contributed by atoms with Crippen molar-refractivity contribution >= 4 is 27.7 Å². The molecular weight excluding hydrogens is 422 g/mol. The molecule has 0 fully saturated rings. The van der Waals surface area contributed by atoms with Crippen LogP contribution in [0.15, 0.2) is 64.6 Å². The number of sulfonamides is 1. The van der Waals surface area contributed by atoms with Crippen molar-refractivity contribution in [1.82, 2.24) is 20.1 Å². The van der Waals surface area contributed by atoms with Gasteiger partial charge in [0.25, 0.3) is 0 Å². The van der Waals surface area contributed by atoms with E-state index in [0.717, 1.165) is 17.0 Å². The molecule has 8 nitrogen and oxygen atoms in total. The van der Waals surface area contributed by atoms with Crippen molar-refractivity contribution in [2.24, 2.45) is 5.14 Å². The number of primary sulfonamides is 1. The van der Waals surface area contributed by atoms with Crippen molar-refractivity contribution in [3.8, 4) is 11.4 Å². The number of rotatable bonds is 9. The highest BCUT2D eigenvalue weighted by molar-refractivity contribution is 7.99. The first-order chi connectivity index (χ1) is 14.4. The maximum atomic E-state index is 12.2. The van der Waals surface area contributed by atoms with Crippen LogP contribution in [0.4, 0.5) is 0 Å². The van der Waals surface area contributed by atoms with Crippen LogP contribution in [0.1, 0.15) is 12.5 Å². The van der Waals surface area contributed by atoms with E-state index < -0.39 is 10.0 Å². The number of benzene rings is 2. The second-order valence-corrected chi connectivity index (χ2v) is 9.00. The van der Waals surface area contributed by atoms with Crippen molar-refractivity contribution in [1.29, 1.82) is 0 Å². The Kier molecular flexibility index (Phi) is 7.24. The Labute approximate surface area is 179 Å². The minimum atomic E-state index is -3.69. The van der Waals surface area contributed by atoms with Gasteiger partial charge in [0.15, 0.2) is 11.0 Å². The minimum absolute atomic E-state index is 0.0709. The van der Waals surface area contributed by atoms with Gasteiger partial charge in [0.1, 0.15) is 0 Å². The van der Waals surface area contributed by atoms with Gasteiger partial charge in [-0.3, -0.25) is 4.79 Å². The molecule has 10 heteroatoms. The van der Waals surface area contributed by atoms with Gasteiger partial charge in [-0.05, 0) is 31.0 Å². The molecule has 0 aliphatic carbocycles. The van der Waals surface area contributed by atoms with Crippen molar-refractivity contribution in [2.45, 2.75) is 29.9 Å². The first-order valence-corrected chi connectivity index (χ1v) is 11.9. The fraction of sp³-hybridized carbons (Fsp3) is 0.250. The third-order valence-corrected chi connectivity index (χ3v) is 6.28. The number of nitrogens with zero attached hydrogens (tertiary/aromatic N) is 3. The van der Waals surface area contributed by atoms with Gasteiger partial charge in [0.05, 0.1) is 10.6 Å². The van der Waals surface area contributed by atoms with Gasteiger partial charge in [-0.15, -0.1) is 10.2 Å². The molecule has 158 valence electrons. The summed E-state index contributed by atoms with van der Waals surface area (Å²) in [6.45, 7) is 3.17. The number of hydrogen-bond donors (Lipinski definition) is 2. The molecule has 3 aromatic rings. The maximum Gasteiger partial charge on any atom is 0.238 e. The number of hydrogen-bond acceptors (Lipinski definition) is 6. The Morgan fingerprint density at radius 2 is 1.80 bits per heavy atom. The predicted molar refractivity (Wildman–Crippen MR) is 116 cm³/mol. The average Bonchev–Trinajstić information content (AvgIpc) is 3.15. The van der Waals surface area contributed by atoms with Gasteiger partial charge in [-0.1, -0.05) is 54.2 Å². The van der Waals surface area contributed by atoms with E-state index in [0.29, 0.717) is 24.7 Å². The van der Waals surface area contributed by atoms with E-state index in [1.165, 1.54) is 23.9 Å². The first kappa shape index (κ1) is 22.0. The summed E-state index contributed by atoms with van der Waals surface area (Å²) in [5.74, 6) is 0.911. The van der Waals surface area contributed by atoms with Crippen LogP contribution in [0.25, 0.3) is 11.4 Å². The van der Waals surface area contributed by atoms with Crippen LogP contribution in [-0.2, 0) is 27.8 Å². The molecule has 3 rings (SSSR count). The number of carbonyl (C=O) groups is 1. The van der Waals surface area contributed by atoms with Gasteiger partial charge >= 0.3 is 0 Å².